The molecular formula is C8H10NO. The van der Waals surface area contributed by atoms with E-state index in [1.165, 1.54) is 18.4 Å². The first-order valence-electron chi connectivity index (χ1n) is 3.65. The summed E-state index contributed by atoms with van der Waals surface area (Å²) >= 11 is 0. The van der Waals surface area contributed by atoms with Gasteiger partial charge in [0.25, 0.3) is 0 Å². The molecule has 0 atom stereocenters. The van der Waals surface area contributed by atoms with E-state index in [0.717, 1.165) is 12.1 Å². The van der Waals surface area contributed by atoms with Gasteiger partial charge in [-0.3, -0.25) is 0 Å². The van der Waals surface area contributed by atoms with Gasteiger partial charge in [0.1, 0.15) is 0 Å². The van der Waals surface area contributed by atoms with Gasteiger partial charge < -0.3 is 4.74 Å². The second kappa shape index (κ2) is 2.37. The van der Waals surface area contributed by atoms with Crippen LogP contribution in [0.3, 0.4) is 0 Å². The maximum Gasteiger partial charge on any atom is 0.178 e. The van der Waals surface area contributed by atoms with Crippen LogP contribution >= 0.6 is 0 Å². The van der Waals surface area contributed by atoms with E-state index in [2.05, 4.69) is 11.4 Å². The number of rotatable bonds is 0. The molecule has 0 spiro atoms. The molecule has 0 unspecified atom stereocenters. The van der Waals surface area contributed by atoms with Crippen molar-refractivity contribution in [1.82, 2.24) is 5.32 Å². The van der Waals surface area contributed by atoms with Crippen molar-refractivity contribution in [3.05, 3.63) is 23.6 Å². The van der Waals surface area contributed by atoms with E-state index in [0.29, 0.717) is 6.73 Å². The van der Waals surface area contributed by atoms with E-state index < -0.39 is 0 Å². The predicted molar refractivity (Wildman–Crippen MR) is 38.1 cm³/mol. The monoisotopic (exact) mass is 136 g/mol. The largest absolute Gasteiger partial charge is 0.479 e. The highest BCUT2D eigenvalue weighted by Gasteiger charge is 2.14. The second-order valence-electron chi connectivity index (χ2n) is 2.58. The van der Waals surface area contributed by atoms with Gasteiger partial charge in [-0.2, -0.15) is 0 Å². The van der Waals surface area contributed by atoms with Crippen molar-refractivity contribution in [3.8, 4) is 0 Å². The van der Waals surface area contributed by atoms with Gasteiger partial charge in [0, 0.05) is 5.57 Å². The molecule has 0 bridgehead atoms. The lowest BCUT2D eigenvalue weighted by molar-refractivity contribution is 0.212. The van der Waals surface area contributed by atoms with Gasteiger partial charge in [0.2, 0.25) is 0 Å². The number of hydrogen-bond donors (Lipinski definition) is 0. The first-order chi connectivity index (χ1) is 4.97. The molecule has 1 heterocycles. The fourth-order valence-corrected chi connectivity index (χ4v) is 1.32. The van der Waals surface area contributed by atoms with Gasteiger partial charge in [-0.15, -0.1) is 0 Å². The molecule has 0 aromatic carbocycles. The average Bonchev–Trinajstić information content (AvgIpc) is 2.05. The van der Waals surface area contributed by atoms with E-state index in [4.69, 9.17) is 4.74 Å². The van der Waals surface area contributed by atoms with Gasteiger partial charge >= 0.3 is 0 Å². The highest BCUT2D eigenvalue weighted by Crippen LogP contribution is 2.24. The number of fused-ring (bicyclic) bond motifs is 1. The molecule has 0 aromatic heterocycles. The lowest BCUT2D eigenvalue weighted by atomic mass is 9.99. The summed E-state index contributed by atoms with van der Waals surface area (Å²) in [5, 5.41) is 4.22. The Hall–Kier alpha value is -0.920. The maximum atomic E-state index is 5.07. The molecule has 10 heavy (non-hydrogen) atoms. The number of allylic oxidation sites excluding steroid dienone is 2. The Balaban J connectivity index is 2.25. The SMILES string of the molecule is C1=C2CCCC=C2[N]CO1. The van der Waals surface area contributed by atoms with Crippen molar-refractivity contribution in [1.29, 1.82) is 0 Å². The standard InChI is InChI=1S/C8H10NO/c1-2-4-8-7(3-1)5-10-6-9-8/h4-5H,1-3,6H2. The summed E-state index contributed by atoms with van der Waals surface area (Å²) in [7, 11) is 0. The summed E-state index contributed by atoms with van der Waals surface area (Å²) in [5.74, 6) is 0. The molecule has 0 amide bonds. The fourth-order valence-electron chi connectivity index (χ4n) is 1.32. The highest BCUT2D eigenvalue weighted by molar-refractivity contribution is 5.31. The predicted octanol–water partition coefficient (Wildman–Crippen LogP) is 1.53. The quantitative estimate of drug-likeness (QED) is 0.495. The number of hydrogen-bond acceptors (Lipinski definition) is 1. The third-order valence-electron chi connectivity index (χ3n) is 1.85. The summed E-state index contributed by atoms with van der Waals surface area (Å²) in [5.41, 5.74) is 2.44. The maximum absolute atomic E-state index is 5.07. The Morgan fingerprint density at radius 1 is 1.50 bits per heavy atom. The Morgan fingerprint density at radius 2 is 2.50 bits per heavy atom. The molecule has 2 rings (SSSR count). The molecule has 1 aliphatic heterocycles. The molecule has 0 saturated carbocycles. The van der Waals surface area contributed by atoms with E-state index in [9.17, 15) is 0 Å². The normalized spacial score (nSPS) is 23.2. The Labute approximate surface area is 60.6 Å². The van der Waals surface area contributed by atoms with E-state index in [1.54, 1.807) is 0 Å². The number of ether oxygens (including phenoxy) is 1. The van der Waals surface area contributed by atoms with Crippen LogP contribution in [0.2, 0.25) is 0 Å². The Kier molecular flexibility index (Phi) is 1.38. The summed E-state index contributed by atoms with van der Waals surface area (Å²) in [4.78, 5) is 0. The zero-order valence-corrected chi connectivity index (χ0v) is 5.84. The molecule has 2 nitrogen and oxygen atoms in total. The summed E-state index contributed by atoms with van der Waals surface area (Å²) in [6, 6.07) is 0. The van der Waals surface area contributed by atoms with Gasteiger partial charge in [-0.05, 0) is 19.3 Å². The molecule has 1 radical (unpaired) electrons. The zero-order valence-electron chi connectivity index (χ0n) is 5.84. The minimum atomic E-state index is 0.509. The molecule has 0 aromatic rings. The molecule has 0 fully saturated rings. The highest BCUT2D eigenvalue weighted by atomic mass is 16.5. The smallest absolute Gasteiger partial charge is 0.178 e. The van der Waals surface area contributed by atoms with Crippen molar-refractivity contribution < 1.29 is 4.74 Å². The molecule has 53 valence electrons. The zero-order chi connectivity index (χ0) is 6.81. The molecule has 0 saturated heterocycles. The van der Waals surface area contributed by atoms with Crippen LogP contribution in [0.5, 0.6) is 0 Å². The van der Waals surface area contributed by atoms with E-state index in [1.807, 2.05) is 6.26 Å². The summed E-state index contributed by atoms with van der Waals surface area (Å²) in [6.07, 6.45) is 7.59. The van der Waals surface area contributed by atoms with E-state index >= 15 is 0 Å². The Bertz CT molecular complexity index is 171. The van der Waals surface area contributed by atoms with Crippen molar-refractivity contribution in [2.45, 2.75) is 19.3 Å². The fraction of sp³-hybridized carbons (Fsp3) is 0.500. The molecular weight excluding hydrogens is 126 g/mol. The third kappa shape index (κ3) is 0.897. The van der Waals surface area contributed by atoms with Crippen LogP contribution < -0.4 is 5.32 Å². The first kappa shape index (κ1) is 5.83. The van der Waals surface area contributed by atoms with Crippen molar-refractivity contribution in [2.75, 3.05) is 6.73 Å². The van der Waals surface area contributed by atoms with Crippen molar-refractivity contribution in [3.63, 3.8) is 0 Å². The van der Waals surface area contributed by atoms with Gasteiger partial charge in [0.15, 0.2) is 6.73 Å². The van der Waals surface area contributed by atoms with Gasteiger partial charge in [-0.1, -0.05) is 6.08 Å². The lowest BCUT2D eigenvalue weighted by Crippen LogP contribution is -2.17. The molecule has 0 N–H and O–H groups in total. The molecule has 2 aliphatic rings. The lowest BCUT2D eigenvalue weighted by Gasteiger charge is -2.20. The van der Waals surface area contributed by atoms with Crippen LogP contribution in [0.25, 0.3) is 0 Å². The van der Waals surface area contributed by atoms with Crippen LogP contribution in [0.15, 0.2) is 23.6 Å². The first-order valence-corrected chi connectivity index (χ1v) is 3.65. The summed E-state index contributed by atoms with van der Waals surface area (Å²) in [6.45, 7) is 0.509. The second-order valence-corrected chi connectivity index (χ2v) is 2.58. The average molecular weight is 136 g/mol. The van der Waals surface area contributed by atoms with Crippen LogP contribution in [-0.2, 0) is 4.74 Å². The van der Waals surface area contributed by atoms with Crippen molar-refractivity contribution in [2.24, 2.45) is 0 Å². The van der Waals surface area contributed by atoms with Gasteiger partial charge in [0.05, 0.1) is 12.0 Å². The molecule has 2 heteroatoms. The minimum absolute atomic E-state index is 0.509. The minimum Gasteiger partial charge on any atom is -0.479 e. The van der Waals surface area contributed by atoms with Crippen molar-refractivity contribution >= 4 is 0 Å². The van der Waals surface area contributed by atoms with Crippen LogP contribution in [0, 0.1) is 0 Å². The summed E-state index contributed by atoms with van der Waals surface area (Å²) < 4.78 is 5.07. The van der Waals surface area contributed by atoms with E-state index in [-0.39, 0.29) is 0 Å². The molecule has 1 aliphatic carbocycles. The Morgan fingerprint density at radius 3 is 3.40 bits per heavy atom. The topological polar surface area (TPSA) is 23.3 Å². The van der Waals surface area contributed by atoms with Gasteiger partial charge in [-0.25, -0.2) is 5.32 Å². The van der Waals surface area contributed by atoms with Crippen LogP contribution in [0.4, 0.5) is 0 Å². The number of nitrogens with zero attached hydrogens (tertiary/aromatic N) is 1. The third-order valence-corrected chi connectivity index (χ3v) is 1.85. The van der Waals surface area contributed by atoms with Crippen LogP contribution in [0.1, 0.15) is 19.3 Å². The van der Waals surface area contributed by atoms with Crippen LogP contribution in [-0.4, -0.2) is 6.73 Å².